The van der Waals surface area contributed by atoms with Gasteiger partial charge in [-0.2, -0.15) is 0 Å². The molecule has 1 fully saturated rings. The Morgan fingerprint density at radius 1 is 1.41 bits per heavy atom. The molecule has 1 aromatic carbocycles. The third-order valence-electron chi connectivity index (χ3n) is 4.42. The highest BCUT2D eigenvalue weighted by Crippen LogP contribution is 2.24. The molecule has 148 valence electrons. The monoisotopic (exact) mass is 485 g/mol. The zero-order valence-corrected chi connectivity index (χ0v) is 18.2. The van der Waals surface area contributed by atoms with Gasteiger partial charge in [0.1, 0.15) is 17.7 Å². The molecular weight excluding hydrogens is 457 g/mol. The summed E-state index contributed by atoms with van der Waals surface area (Å²) in [6.07, 6.45) is 3.82. The van der Waals surface area contributed by atoms with Crippen LogP contribution >= 0.6 is 24.0 Å². The van der Waals surface area contributed by atoms with Crippen LogP contribution in [0, 0.1) is 0 Å². The first-order valence-corrected chi connectivity index (χ1v) is 9.11. The maximum atomic E-state index is 5.35. The predicted molar refractivity (Wildman–Crippen MR) is 118 cm³/mol. The molecule has 0 spiro atoms. The maximum absolute atomic E-state index is 5.35. The van der Waals surface area contributed by atoms with E-state index in [1.807, 2.05) is 18.2 Å². The zero-order valence-electron chi connectivity index (χ0n) is 15.9. The number of nitrogens with zero attached hydrogens (tertiary/aromatic N) is 3. The van der Waals surface area contributed by atoms with Crippen molar-refractivity contribution in [1.82, 2.24) is 15.8 Å². The fourth-order valence-corrected chi connectivity index (χ4v) is 3.13. The molecule has 2 heterocycles. The Labute approximate surface area is 177 Å². The lowest BCUT2D eigenvalue weighted by Crippen LogP contribution is -2.51. The number of hydrogen-bond donors (Lipinski definition) is 2. The number of guanidine groups is 1. The van der Waals surface area contributed by atoms with Gasteiger partial charge in [-0.1, -0.05) is 11.2 Å². The second-order valence-electron chi connectivity index (χ2n) is 6.32. The van der Waals surface area contributed by atoms with E-state index < -0.39 is 0 Å². The van der Waals surface area contributed by atoms with Crippen molar-refractivity contribution >= 4 is 35.6 Å². The van der Waals surface area contributed by atoms with Crippen molar-refractivity contribution in [3.05, 3.63) is 42.3 Å². The van der Waals surface area contributed by atoms with Gasteiger partial charge in [-0.15, -0.1) is 24.0 Å². The van der Waals surface area contributed by atoms with E-state index in [0.29, 0.717) is 12.6 Å². The number of benzene rings is 1. The van der Waals surface area contributed by atoms with Crippen molar-refractivity contribution in [1.29, 1.82) is 0 Å². The number of aromatic nitrogens is 1. The summed E-state index contributed by atoms with van der Waals surface area (Å²) in [7, 11) is 1.70. The Bertz CT molecular complexity index is 708. The van der Waals surface area contributed by atoms with Gasteiger partial charge in [0.25, 0.3) is 0 Å². The van der Waals surface area contributed by atoms with Gasteiger partial charge in [-0.3, -0.25) is 0 Å². The van der Waals surface area contributed by atoms with Crippen molar-refractivity contribution in [2.24, 2.45) is 4.99 Å². The normalized spacial score (nSPS) is 17.2. The third-order valence-corrected chi connectivity index (χ3v) is 4.42. The first kappa shape index (κ1) is 21.3. The van der Waals surface area contributed by atoms with Crippen LogP contribution < -0.4 is 20.3 Å². The number of aliphatic imine (C=N–C) groups is 1. The molecule has 1 aliphatic heterocycles. The minimum absolute atomic E-state index is 0. The number of nitrogens with one attached hydrogen (secondary N) is 2. The fourth-order valence-electron chi connectivity index (χ4n) is 3.13. The molecule has 3 rings (SSSR count). The molecule has 0 aliphatic carbocycles. The van der Waals surface area contributed by atoms with Crippen LogP contribution in [0.3, 0.4) is 0 Å². The number of ether oxygens (including phenoxy) is 1. The van der Waals surface area contributed by atoms with Crippen molar-refractivity contribution < 1.29 is 9.26 Å². The Kier molecular flexibility index (Phi) is 8.70. The van der Waals surface area contributed by atoms with E-state index >= 15 is 0 Å². The fraction of sp³-hybridized carbons (Fsp3) is 0.474. The molecule has 0 bridgehead atoms. The molecule has 1 unspecified atom stereocenters. The lowest BCUT2D eigenvalue weighted by molar-refractivity contribution is 0.412. The minimum atomic E-state index is 0. The second-order valence-corrected chi connectivity index (χ2v) is 6.32. The molecule has 1 aliphatic rings. The minimum Gasteiger partial charge on any atom is -0.497 e. The lowest BCUT2D eigenvalue weighted by atomic mass is 10.0. The van der Waals surface area contributed by atoms with Gasteiger partial charge in [0.05, 0.1) is 13.7 Å². The van der Waals surface area contributed by atoms with Gasteiger partial charge in [0.15, 0.2) is 5.96 Å². The van der Waals surface area contributed by atoms with Gasteiger partial charge in [-0.25, -0.2) is 4.99 Å². The summed E-state index contributed by atoms with van der Waals surface area (Å²) in [5.41, 5.74) is 2.02. The molecule has 27 heavy (non-hydrogen) atoms. The number of piperidine rings is 1. The summed E-state index contributed by atoms with van der Waals surface area (Å²) in [4.78, 5) is 7.00. The molecule has 2 aromatic rings. The molecule has 0 saturated carbocycles. The topological polar surface area (TPSA) is 74.9 Å². The number of anilines is 1. The zero-order chi connectivity index (χ0) is 18.2. The lowest BCUT2D eigenvalue weighted by Gasteiger charge is -2.35. The van der Waals surface area contributed by atoms with Gasteiger partial charge in [0, 0.05) is 43.5 Å². The average molecular weight is 485 g/mol. The Morgan fingerprint density at radius 2 is 2.30 bits per heavy atom. The summed E-state index contributed by atoms with van der Waals surface area (Å²) >= 11 is 0. The van der Waals surface area contributed by atoms with Crippen LogP contribution in [-0.2, 0) is 6.54 Å². The Hall–Kier alpha value is -1.97. The number of hydrogen-bond acceptors (Lipinski definition) is 5. The van der Waals surface area contributed by atoms with Crippen LogP contribution in [0.15, 0.2) is 46.1 Å². The molecule has 1 atom stereocenters. The van der Waals surface area contributed by atoms with Crippen molar-refractivity contribution in [3.63, 3.8) is 0 Å². The quantitative estimate of drug-likeness (QED) is 0.373. The summed E-state index contributed by atoms with van der Waals surface area (Å²) in [6.45, 7) is 5.37. The first-order valence-electron chi connectivity index (χ1n) is 9.11. The summed E-state index contributed by atoms with van der Waals surface area (Å²) < 4.78 is 10.2. The Morgan fingerprint density at radius 3 is 3.04 bits per heavy atom. The summed E-state index contributed by atoms with van der Waals surface area (Å²) in [5, 5.41) is 10.8. The van der Waals surface area contributed by atoms with Crippen LogP contribution in [0.2, 0.25) is 0 Å². The summed E-state index contributed by atoms with van der Waals surface area (Å²) in [6, 6.07) is 10.4. The second kappa shape index (κ2) is 11.0. The van der Waals surface area contributed by atoms with Crippen molar-refractivity contribution in [2.75, 3.05) is 31.6 Å². The van der Waals surface area contributed by atoms with Gasteiger partial charge >= 0.3 is 0 Å². The molecular formula is C19H28IN5O2. The van der Waals surface area contributed by atoms with Gasteiger partial charge in [-0.05, 0) is 31.9 Å². The maximum Gasteiger partial charge on any atom is 0.191 e. The van der Waals surface area contributed by atoms with Crippen LogP contribution in [0.25, 0.3) is 0 Å². The van der Waals surface area contributed by atoms with E-state index in [9.17, 15) is 0 Å². The molecule has 0 radical (unpaired) electrons. The predicted octanol–water partition coefficient (Wildman–Crippen LogP) is 3.03. The molecule has 8 heteroatoms. The molecule has 2 N–H and O–H groups in total. The highest BCUT2D eigenvalue weighted by atomic mass is 127. The number of halogens is 1. The van der Waals surface area contributed by atoms with E-state index in [4.69, 9.17) is 9.26 Å². The molecule has 7 nitrogen and oxygen atoms in total. The Balaban J connectivity index is 0.00000261. The smallest absolute Gasteiger partial charge is 0.191 e. The van der Waals surface area contributed by atoms with Crippen molar-refractivity contribution in [2.45, 2.75) is 32.4 Å². The van der Waals surface area contributed by atoms with Gasteiger partial charge in [0.2, 0.25) is 0 Å². The van der Waals surface area contributed by atoms with E-state index in [-0.39, 0.29) is 24.0 Å². The van der Waals surface area contributed by atoms with E-state index in [0.717, 1.165) is 49.9 Å². The number of rotatable bonds is 6. The van der Waals surface area contributed by atoms with Gasteiger partial charge < -0.3 is 24.8 Å². The highest BCUT2D eigenvalue weighted by Gasteiger charge is 2.21. The first-order chi connectivity index (χ1) is 12.8. The van der Waals surface area contributed by atoms with Crippen LogP contribution in [0.1, 0.15) is 25.5 Å². The largest absolute Gasteiger partial charge is 0.497 e. The van der Waals surface area contributed by atoms with Crippen LogP contribution in [0.4, 0.5) is 5.69 Å². The average Bonchev–Trinajstić information content (AvgIpc) is 3.20. The third kappa shape index (κ3) is 6.30. The standard InChI is InChI=1S/C19H27N5O2.HI/c1-3-20-19(21-13-15-9-11-26-23-15)22-16-6-5-10-24(14-16)17-7-4-8-18(12-17)25-2;/h4,7-9,11-12,16H,3,5-6,10,13-14H2,1-2H3,(H2,20,21,22);1H. The van der Waals surface area contributed by atoms with Crippen LogP contribution in [0.5, 0.6) is 5.75 Å². The number of methoxy groups -OCH3 is 1. The van der Waals surface area contributed by atoms with Crippen molar-refractivity contribution in [3.8, 4) is 5.75 Å². The van der Waals surface area contributed by atoms with E-state index in [1.165, 1.54) is 5.69 Å². The summed E-state index contributed by atoms with van der Waals surface area (Å²) in [5.74, 6) is 1.70. The SMILES string of the molecule is CCNC(=NCc1ccon1)NC1CCCN(c2cccc(OC)c2)C1.I. The molecule has 1 aromatic heterocycles. The molecule has 0 amide bonds. The molecule has 1 saturated heterocycles. The van der Waals surface area contributed by atoms with E-state index in [1.54, 1.807) is 13.4 Å². The van der Waals surface area contributed by atoms with Crippen LogP contribution in [-0.4, -0.2) is 43.9 Å². The van der Waals surface area contributed by atoms with E-state index in [2.05, 4.69) is 44.7 Å². The highest BCUT2D eigenvalue weighted by molar-refractivity contribution is 14.0.